The lowest BCUT2D eigenvalue weighted by atomic mass is 9.90. The van der Waals surface area contributed by atoms with Gasteiger partial charge >= 0.3 is 0 Å². The number of carbonyl (C=O) groups is 1. The summed E-state index contributed by atoms with van der Waals surface area (Å²) >= 11 is 0. The van der Waals surface area contributed by atoms with E-state index in [0.29, 0.717) is 18.4 Å². The minimum absolute atomic E-state index is 0.0861. The van der Waals surface area contributed by atoms with Gasteiger partial charge in [0, 0.05) is 18.4 Å². The number of benzene rings is 1. The van der Waals surface area contributed by atoms with Crippen molar-refractivity contribution < 1.29 is 13.6 Å². The van der Waals surface area contributed by atoms with Gasteiger partial charge in [0.1, 0.15) is 17.4 Å². The van der Waals surface area contributed by atoms with Crippen molar-refractivity contribution in [3.05, 3.63) is 35.4 Å². The number of rotatable bonds is 1. The molecule has 1 aliphatic rings. The maximum absolute atomic E-state index is 13.5. The van der Waals surface area contributed by atoms with Crippen LogP contribution in [0.2, 0.25) is 0 Å². The Morgan fingerprint density at radius 2 is 1.94 bits per heavy atom. The van der Waals surface area contributed by atoms with E-state index in [0.717, 1.165) is 25.3 Å². The largest absolute Gasteiger partial charge is 0.299 e. The number of hydrogen-bond donors (Lipinski definition) is 0. The summed E-state index contributed by atoms with van der Waals surface area (Å²) in [7, 11) is 0. The summed E-state index contributed by atoms with van der Waals surface area (Å²) in [6.07, 6.45) is 4.04. The molecule has 0 radical (unpaired) electrons. The first-order valence-corrected chi connectivity index (χ1v) is 5.66. The van der Waals surface area contributed by atoms with Crippen LogP contribution in [0.1, 0.15) is 43.6 Å². The summed E-state index contributed by atoms with van der Waals surface area (Å²) in [6, 6.07) is 3.47. The van der Waals surface area contributed by atoms with Crippen LogP contribution in [0, 0.1) is 11.6 Å². The van der Waals surface area contributed by atoms with Gasteiger partial charge in [0.25, 0.3) is 0 Å². The number of carbonyl (C=O) groups excluding carboxylic acids is 1. The van der Waals surface area contributed by atoms with Gasteiger partial charge in [0.15, 0.2) is 0 Å². The second-order valence-electron chi connectivity index (χ2n) is 4.28. The summed E-state index contributed by atoms with van der Waals surface area (Å²) in [5.41, 5.74) is 0.355. The Hall–Kier alpha value is -1.25. The predicted octanol–water partition coefficient (Wildman–Crippen LogP) is 3.58. The van der Waals surface area contributed by atoms with E-state index < -0.39 is 11.6 Å². The zero-order valence-electron chi connectivity index (χ0n) is 9.01. The first-order valence-electron chi connectivity index (χ1n) is 5.66. The fraction of sp³-hybridized carbons (Fsp3) is 0.462. The Bertz CT molecular complexity index is 401. The van der Waals surface area contributed by atoms with Crippen molar-refractivity contribution in [2.24, 2.45) is 0 Å². The highest BCUT2D eigenvalue weighted by molar-refractivity contribution is 5.85. The van der Waals surface area contributed by atoms with Gasteiger partial charge in [-0.25, -0.2) is 8.78 Å². The van der Waals surface area contributed by atoms with Crippen molar-refractivity contribution >= 4 is 5.78 Å². The molecule has 0 aromatic heterocycles. The van der Waals surface area contributed by atoms with Gasteiger partial charge in [0.05, 0.1) is 0 Å². The van der Waals surface area contributed by atoms with Gasteiger partial charge in [-0.05, 0) is 24.5 Å². The Kier molecular flexibility index (Phi) is 3.32. The first kappa shape index (κ1) is 11.2. The second kappa shape index (κ2) is 4.73. The number of halogens is 2. The van der Waals surface area contributed by atoms with E-state index in [1.54, 1.807) is 0 Å². The molecule has 1 aromatic carbocycles. The summed E-state index contributed by atoms with van der Waals surface area (Å²) < 4.78 is 26.3. The summed E-state index contributed by atoms with van der Waals surface area (Å²) in [4.78, 5) is 11.8. The quantitative estimate of drug-likeness (QED) is 0.666. The van der Waals surface area contributed by atoms with Crippen molar-refractivity contribution in [3.63, 3.8) is 0 Å². The standard InChI is InChI=1S/C13H14F2O/c14-9-6-7-10(12(15)8-9)11-4-2-1-3-5-13(11)16/h6-8,11H,1-5H2. The predicted molar refractivity (Wildman–Crippen MR) is 57.2 cm³/mol. The molecule has 1 fully saturated rings. The van der Waals surface area contributed by atoms with E-state index in [2.05, 4.69) is 0 Å². The Labute approximate surface area is 93.5 Å². The lowest BCUT2D eigenvalue weighted by molar-refractivity contribution is -0.120. The Balaban J connectivity index is 2.30. The highest BCUT2D eigenvalue weighted by Gasteiger charge is 2.24. The molecular formula is C13H14F2O. The van der Waals surface area contributed by atoms with Crippen molar-refractivity contribution in [1.82, 2.24) is 0 Å². The molecule has 2 rings (SSSR count). The normalized spacial score (nSPS) is 21.9. The van der Waals surface area contributed by atoms with Crippen molar-refractivity contribution in [2.45, 2.75) is 38.0 Å². The molecule has 0 amide bonds. The minimum atomic E-state index is -0.597. The van der Waals surface area contributed by atoms with Gasteiger partial charge in [-0.1, -0.05) is 18.9 Å². The summed E-state index contributed by atoms with van der Waals surface area (Å²) in [5.74, 6) is -1.48. The smallest absolute Gasteiger partial charge is 0.140 e. The van der Waals surface area contributed by atoms with Crippen LogP contribution in [0.15, 0.2) is 18.2 Å². The average molecular weight is 224 g/mol. The van der Waals surface area contributed by atoms with Crippen LogP contribution in [-0.4, -0.2) is 5.78 Å². The molecule has 0 bridgehead atoms. The molecule has 0 N–H and O–H groups in total. The maximum atomic E-state index is 13.5. The molecule has 86 valence electrons. The van der Waals surface area contributed by atoms with E-state index >= 15 is 0 Å². The third kappa shape index (κ3) is 2.29. The van der Waals surface area contributed by atoms with Crippen LogP contribution in [0.4, 0.5) is 8.78 Å². The maximum Gasteiger partial charge on any atom is 0.140 e. The van der Waals surface area contributed by atoms with Crippen LogP contribution in [0.3, 0.4) is 0 Å². The number of ketones is 1. The fourth-order valence-electron chi connectivity index (χ4n) is 2.27. The van der Waals surface area contributed by atoms with Crippen molar-refractivity contribution in [3.8, 4) is 0 Å². The third-order valence-corrected chi connectivity index (χ3v) is 3.14. The van der Waals surface area contributed by atoms with Gasteiger partial charge < -0.3 is 0 Å². The third-order valence-electron chi connectivity index (χ3n) is 3.14. The zero-order chi connectivity index (χ0) is 11.5. The highest BCUT2D eigenvalue weighted by atomic mass is 19.1. The van der Waals surface area contributed by atoms with Crippen LogP contribution in [0.5, 0.6) is 0 Å². The topological polar surface area (TPSA) is 17.1 Å². The molecular weight excluding hydrogens is 210 g/mol. The van der Waals surface area contributed by atoms with E-state index in [9.17, 15) is 13.6 Å². The highest BCUT2D eigenvalue weighted by Crippen LogP contribution is 2.30. The molecule has 0 aliphatic heterocycles. The molecule has 3 heteroatoms. The minimum Gasteiger partial charge on any atom is -0.299 e. The second-order valence-corrected chi connectivity index (χ2v) is 4.28. The fourth-order valence-corrected chi connectivity index (χ4v) is 2.27. The van der Waals surface area contributed by atoms with Crippen LogP contribution >= 0.6 is 0 Å². The summed E-state index contributed by atoms with van der Waals surface area (Å²) in [5, 5.41) is 0. The van der Waals surface area contributed by atoms with Crippen molar-refractivity contribution in [1.29, 1.82) is 0 Å². The molecule has 1 nitrogen and oxygen atoms in total. The van der Waals surface area contributed by atoms with E-state index in [4.69, 9.17) is 0 Å². The first-order chi connectivity index (χ1) is 7.68. The van der Waals surface area contributed by atoms with Crippen LogP contribution in [-0.2, 0) is 4.79 Å². The molecule has 1 aliphatic carbocycles. The van der Waals surface area contributed by atoms with Gasteiger partial charge in [-0.2, -0.15) is 0 Å². The van der Waals surface area contributed by atoms with Crippen LogP contribution in [0.25, 0.3) is 0 Å². The van der Waals surface area contributed by atoms with E-state index in [1.165, 1.54) is 12.1 Å². The van der Waals surface area contributed by atoms with Crippen molar-refractivity contribution in [2.75, 3.05) is 0 Å². The summed E-state index contributed by atoms with van der Waals surface area (Å²) in [6.45, 7) is 0. The molecule has 0 heterocycles. The van der Waals surface area contributed by atoms with Gasteiger partial charge in [-0.3, -0.25) is 4.79 Å². The number of Topliss-reactive ketones (excluding diaryl/α,β-unsaturated/α-hetero) is 1. The zero-order valence-corrected chi connectivity index (χ0v) is 9.01. The van der Waals surface area contributed by atoms with Gasteiger partial charge in [0.2, 0.25) is 0 Å². The molecule has 1 saturated carbocycles. The molecule has 16 heavy (non-hydrogen) atoms. The van der Waals surface area contributed by atoms with E-state index in [1.807, 2.05) is 0 Å². The lowest BCUT2D eigenvalue weighted by Gasteiger charge is -2.14. The van der Waals surface area contributed by atoms with Gasteiger partial charge in [-0.15, -0.1) is 0 Å². The van der Waals surface area contributed by atoms with E-state index in [-0.39, 0.29) is 11.7 Å². The molecule has 0 saturated heterocycles. The molecule has 1 unspecified atom stereocenters. The number of hydrogen-bond acceptors (Lipinski definition) is 1. The monoisotopic (exact) mass is 224 g/mol. The lowest BCUT2D eigenvalue weighted by Crippen LogP contribution is -2.12. The SMILES string of the molecule is O=C1CCCCCC1c1ccc(F)cc1F. The molecule has 0 spiro atoms. The molecule has 1 aromatic rings. The average Bonchev–Trinajstić information content (AvgIpc) is 2.44. The molecule has 1 atom stereocenters. The van der Waals surface area contributed by atoms with Crippen LogP contribution < -0.4 is 0 Å². The Morgan fingerprint density at radius 1 is 1.12 bits per heavy atom. The Morgan fingerprint density at radius 3 is 2.69 bits per heavy atom.